The van der Waals surface area contributed by atoms with Crippen molar-refractivity contribution in [3.05, 3.63) is 0 Å². The molecule has 0 heterocycles. The number of amides is 1. The highest BCUT2D eigenvalue weighted by Gasteiger charge is 2.00. The monoisotopic (exact) mass is 353 g/mol. The summed E-state index contributed by atoms with van der Waals surface area (Å²) in [4.78, 5) is 21.8. The second kappa shape index (κ2) is 21.2. The molecule has 0 aliphatic heterocycles. The molecule has 25 heavy (non-hydrogen) atoms. The molecule has 0 aromatic rings. The van der Waals surface area contributed by atoms with Gasteiger partial charge in [0.25, 0.3) is 0 Å². The molecule has 0 saturated heterocycles. The van der Waals surface area contributed by atoms with Crippen LogP contribution in [-0.4, -0.2) is 18.7 Å². The predicted molar refractivity (Wildman–Crippen MR) is 108 cm³/mol. The van der Waals surface area contributed by atoms with E-state index in [4.69, 9.17) is 0 Å². The van der Waals surface area contributed by atoms with Gasteiger partial charge >= 0.3 is 0 Å². The van der Waals surface area contributed by atoms with E-state index >= 15 is 0 Å². The first kappa shape index (κ1) is 24.1. The van der Waals surface area contributed by atoms with Gasteiger partial charge < -0.3 is 10.1 Å². The highest BCUT2D eigenvalue weighted by molar-refractivity contribution is 5.75. The molecule has 3 nitrogen and oxygen atoms in total. The maximum atomic E-state index is 11.6. The molecule has 0 aromatic carbocycles. The number of carbonyl (C=O) groups excluding carboxylic acids is 2. The summed E-state index contributed by atoms with van der Waals surface area (Å²) in [6.07, 6.45) is 22.8. The van der Waals surface area contributed by atoms with E-state index in [0.717, 1.165) is 25.5 Å². The Morgan fingerprint density at radius 3 is 1.64 bits per heavy atom. The van der Waals surface area contributed by atoms with E-state index < -0.39 is 0 Å². The van der Waals surface area contributed by atoms with Crippen molar-refractivity contribution in [1.29, 1.82) is 0 Å². The lowest BCUT2D eigenvalue weighted by Gasteiger charge is -2.05. The Morgan fingerprint density at radius 1 is 0.680 bits per heavy atom. The van der Waals surface area contributed by atoms with E-state index in [1.54, 1.807) is 0 Å². The molecule has 0 aliphatic rings. The minimum absolute atomic E-state index is 0.171. The molecule has 0 aliphatic carbocycles. The molecule has 148 valence electrons. The average molecular weight is 354 g/mol. The zero-order chi connectivity index (χ0) is 18.4. The molecule has 0 radical (unpaired) electrons. The summed E-state index contributed by atoms with van der Waals surface area (Å²) >= 11 is 0. The van der Waals surface area contributed by atoms with Gasteiger partial charge in [-0.2, -0.15) is 0 Å². The Balaban J connectivity index is 3.10. The Hall–Kier alpha value is -0.860. The van der Waals surface area contributed by atoms with Crippen LogP contribution in [0.3, 0.4) is 0 Å². The Kier molecular flexibility index (Phi) is 20.5. The molecule has 0 atom stereocenters. The van der Waals surface area contributed by atoms with Gasteiger partial charge in [0, 0.05) is 19.4 Å². The fourth-order valence-corrected chi connectivity index (χ4v) is 3.15. The topological polar surface area (TPSA) is 46.2 Å². The fraction of sp³-hybridized carbons (Fsp3) is 0.909. The van der Waals surface area contributed by atoms with Crippen molar-refractivity contribution in [3.8, 4) is 0 Å². The van der Waals surface area contributed by atoms with Crippen molar-refractivity contribution in [3.63, 3.8) is 0 Å². The number of hydrogen-bond acceptors (Lipinski definition) is 2. The van der Waals surface area contributed by atoms with Crippen LogP contribution in [0.1, 0.15) is 122 Å². The van der Waals surface area contributed by atoms with Crippen LogP contribution < -0.4 is 5.32 Å². The molecule has 1 amide bonds. The van der Waals surface area contributed by atoms with Crippen LogP contribution in [-0.2, 0) is 9.59 Å². The minimum Gasteiger partial charge on any atom is -0.356 e. The fourth-order valence-electron chi connectivity index (χ4n) is 3.15. The number of nitrogens with one attached hydrogen (secondary N) is 1. The van der Waals surface area contributed by atoms with Gasteiger partial charge in [-0.15, -0.1) is 0 Å². The van der Waals surface area contributed by atoms with E-state index in [-0.39, 0.29) is 5.91 Å². The first-order valence-corrected chi connectivity index (χ1v) is 11.0. The summed E-state index contributed by atoms with van der Waals surface area (Å²) in [7, 11) is 0. The number of aldehydes is 1. The molecule has 0 unspecified atom stereocenters. The molecule has 3 heteroatoms. The van der Waals surface area contributed by atoms with Gasteiger partial charge in [-0.3, -0.25) is 4.79 Å². The average Bonchev–Trinajstić information content (AvgIpc) is 2.62. The molecule has 0 bridgehead atoms. The molecule has 0 aromatic heterocycles. The van der Waals surface area contributed by atoms with E-state index in [0.29, 0.717) is 19.4 Å². The van der Waals surface area contributed by atoms with E-state index in [1.807, 2.05) is 0 Å². The van der Waals surface area contributed by atoms with Gasteiger partial charge in [-0.25, -0.2) is 0 Å². The van der Waals surface area contributed by atoms with Crippen LogP contribution in [0.5, 0.6) is 0 Å². The summed E-state index contributed by atoms with van der Waals surface area (Å²) in [5, 5.41) is 2.93. The maximum absolute atomic E-state index is 11.6. The Bertz CT molecular complexity index is 292. The summed E-state index contributed by atoms with van der Waals surface area (Å²) in [5.74, 6) is 0.171. The largest absolute Gasteiger partial charge is 0.356 e. The second-order valence-corrected chi connectivity index (χ2v) is 7.36. The molecular formula is C22H43NO2. The van der Waals surface area contributed by atoms with Crippen LogP contribution in [0.2, 0.25) is 0 Å². The second-order valence-electron chi connectivity index (χ2n) is 7.36. The number of carbonyl (C=O) groups is 2. The summed E-state index contributed by atoms with van der Waals surface area (Å²) in [6.45, 7) is 2.99. The maximum Gasteiger partial charge on any atom is 0.219 e. The van der Waals surface area contributed by atoms with E-state index in [2.05, 4.69) is 12.2 Å². The highest BCUT2D eigenvalue weighted by Crippen LogP contribution is 2.13. The molecule has 0 fully saturated rings. The molecule has 1 N–H and O–H groups in total. The van der Waals surface area contributed by atoms with Gasteiger partial charge in [0.2, 0.25) is 5.91 Å². The smallest absolute Gasteiger partial charge is 0.219 e. The normalized spacial score (nSPS) is 10.8. The summed E-state index contributed by atoms with van der Waals surface area (Å²) in [6, 6.07) is 0. The summed E-state index contributed by atoms with van der Waals surface area (Å²) < 4.78 is 0. The van der Waals surface area contributed by atoms with Crippen molar-refractivity contribution in [2.75, 3.05) is 6.54 Å². The lowest BCUT2D eigenvalue weighted by molar-refractivity contribution is -0.121. The van der Waals surface area contributed by atoms with Crippen LogP contribution in [0, 0.1) is 0 Å². The lowest BCUT2D eigenvalue weighted by atomic mass is 10.0. The first-order chi connectivity index (χ1) is 12.3. The van der Waals surface area contributed by atoms with Crippen molar-refractivity contribution in [1.82, 2.24) is 5.32 Å². The number of unbranched alkanes of at least 4 members (excludes halogenated alkanes) is 15. The van der Waals surface area contributed by atoms with Gasteiger partial charge in [-0.05, 0) is 19.3 Å². The number of hydrogen-bond donors (Lipinski definition) is 1. The zero-order valence-electron chi connectivity index (χ0n) is 16.8. The van der Waals surface area contributed by atoms with Crippen LogP contribution >= 0.6 is 0 Å². The highest BCUT2D eigenvalue weighted by atomic mass is 16.1. The molecule has 0 rings (SSSR count). The zero-order valence-corrected chi connectivity index (χ0v) is 16.8. The van der Waals surface area contributed by atoms with Gasteiger partial charge in [0.1, 0.15) is 6.29 Å². The molecular weight excluding hydrogens is 310 g/mol. The Morgan fingerprint density at radius 2 is 1.16 bits per heavy atom. The van der Waals surface area contributed by atoms with Gasteiger partial charge in [-0.1, -0.05) is 90.4 Å². The number of rotatable bonds is 20. The Labute approximate surface area is 156 Å². The van der Waals surface area contributed by atoms with Crippen molar-refractivity contribution in [2.45, 2.75) is 122 Å². The predicted octanol–water partition coefficient (Wildman–Crippen LogP) is 6.34. The molecule has 0 saturated carbocycles. The third-order valence-electron chi connectivity index (χ3n) is 4.83. The standard InChI is InChI=1S/C22H43NO2/c1-2-3-4-5-6-7-8-9-10-11-12-13-14-16-19-22(25)23-20-17-15-18-21-24/h21H,2-20H2,1H3,(H,23,25). The third kappa shape index (κ3) is 21.1. The van der Waals surface area contributed by atoms with Crippen molar-refractivity contribution >= 4 is 12.2 Å². The van der Waals surface area contributed by atoms with E-state index in [9.17, 15) is 9.59 Å². The van der Waals surface area contributed by atoms with E-state index in [1.165, 1.54) is 83.5 Å². The molecule has 0 spiro atoms. The van der Waals surface area contributed by atoms with Crippen molar-refractivity contribution < 1.29 is 9.59 Å². The van der Waals surface area contributed by atoms with Crippen LogP contribution in [0.25, 0.3) is 0 Å². The summed E-state index contributed by atoms with van der Waals surface area (Å²) in [5.41, 5.74) is 0. The van der Waals surface area contributed by atoms with Crippen LogP contribution in [0.15, 0.2) is 0 Å². The third-order valence-corrected chi connectivity index (χ3v) is 4.83. The minimum atomic E-state index is 0.171. The van der Waals surface area contributed by atoms with Gasteiger partial charge in [0.15, 0.2) is 0 Å². The SMILES string of the molecule is CCCCCCCCCCCCCCCCC(=O)NCCCCC=O. The lowest BCUT2D eigenvalue weighted by Crippen LogP contribution is -2.23. The van der Waals surface area contributed by atoms with Crippen molar-refractivity contribution in [2.24, 2.45) is 0 Å². The first-order valence-electron chi connectivity index (χ1n) is 11.0. The quantitative estimate of drug-likeness (QED) is 0.205. The van der Waals surface area contributed by atoms with Gasteiger partial charge in [0.05, 0.1) is 0 Å². The van der Waals surface area contributed by atoms with Crippen LogP contribution in [0.4, 0.5) is 0 Å².